The number of anilines is 2. The Hall–Kier alpha value is -2.09. The number of hydrogen-bond donors (Lipinski definition) is 1. The van der Waals surface area contributed by atoms with E-state index in [1.807, 2.05) is 36.4 Å². The van der Waals surface area contributed by atoms with Gasteiger partial charge in [-0.2, -0.15) is 0 Å². The molecule has 6 nitrogen and oxygen atoms in total. The first-order chi connectivity index (χ1) is 12.8. The lowest BCUT2D eigenvalue weighted by Gasteiger charge is -2.30. The molecule has 2 aliphatic rings. The molecule has 1 aromatic heterocycles. The molecule has 0 spiro atoms. The Labute approximate surface area is 157 Å². The van der Waals surface area contributed by atoms with Gasteiger partial charge in [-0.15, -0.1) is 0 Å². The number of urea groups is 1. The summed E-state index contributed by atoms with van der Waals surface area (Å²) in [5.41, 5.74) is 0.884. The van der Waals surface area contributed by atoms with Gasteiger partial charge in [0.1, 0.15) is 0 Å². The molecule has 0 bridgehead atoms. The standard InChI is InChI=1S/C19H22N4O2S/c24-19(21-9-4-10-22-11-13-25-14-12-22)23-15-5-1-2-6-16(15)26-17-7-3-8-20-18(17)23/h1-3,5-8H,4,9-14H2,(H,21,24). The van der Waals surface area contributed by atoms with Gasteiger partial charge in [-0.25, -0.2) is 14.7 Å². The molecule has 2 amide bonds. The first kappa shape index (κ1) is 17.3. The third-order valence-corrected chi connectivity index (χ3v) is 5.63. The number of morpholine rings is 1. The van der Waals surface area contributed by atoms with Crippen LogP contribution in [0.15, 0.2) is 52.4 Å². The molecule has 0 radical (unpaired) electrons. The molecule has 2 aromatic rings. The van der Waals surface area contributed by atoms with Crippen molar-refractivity contribution in [2.24, 2.45) is 0 Å². The predicted octanol–water partition coefficient (Wildman–Crippen LogP) is 3.12. The number of pyridine rings is 1. The highest BCUT2D eigenvalue weighted by molar-refractivity contribution is 7.99. The summed E-state index contributed by atoms with van der Waals surface area (Å²) in [7, 11) is 0. The molecule has 7 heteroatoms. The van der Waals surface area contributed by atoms with Gasteiger partial charge >= 0.3 is 6.03 Å². The number of hydrogen-bond acceptors (Lipinski definition) is 5. The van der Waals surface area contributed by atoms with Crippen molar-refractivity contribution in [2.75, 3.05) is 44.3 Å². The molecule has 1 fully saturated rings. The van der Waals surface area contributed by atoms with E-state index in [2.05, 4.69) is 15.2 Å². The fourth-order valence-electron chi connectivity index (χ4n) is 3.20. The van der Waals surface area contributed by atoms with Crippen LogP contribution >= 0.6 is 11.8 Å². The Balaban J connectivity index is 1.42. The average Bonchev–Trinajstić information content (AvgIpc) is 2.70. The van der Waals surface area contributed by atoms with Crippen LogP contribution in [0.3, 0.4) is 0 Å². The Kier molecular flexibility index (Phi) is 5.38. The van der Waals surface area contributed by atoms with E-state index in [1.165, 1.54) is 0 Å². The minimum absolute atomic E-state index is 0.125. The third kappa shape index (κ3) is 3.70. The van der Waals surface area contributed by atoms with Crippen molar-refractivity contribution in [3.63, 3.8) is 0 Å². The molecule has 3 heterocycles. The number of carbonyl (C=O) groups is 1. The summed E-state index contributed by atoms with van der Waals surface area (Å²) in [5, 5.41) is 3.05. The van der Waals surface area contributed by atoms with Gasteiger partial charge in [0.25, 0.3) is 0 Å². The summed E-state index contributed by atoms with van der Waals surface area (Å²) < 4.78 is 5.36. The van der Waals surface area contributed by atoms with Crippen LogP contribution in [0.1, 0.15) is 6.42 Å². The van der Waals surface area contributed by atoms with Gasteiger partial charge in [-0.1, -0.05) is 23.9 Å². The Morgan fingerprint density at radius 2 is 1.96 bits per heavy atom. The molecule has 0 aliphatic carbocycles. The van der Waals surface area contributed by atoms with E-state index in [-0.39, 0.29) is 6.03 Å². The highest BCUT2D eigenvalue weighted by atomic mass is 32.2. The van der Waals surface area contributed by atoms with Crippen LogP contribution in [-0.2, 0) is 4.74 Å². The molecule has 1 aromatic carbocycles. The van der Waals surface area contributed by atoms with E-state index < -0.39 is 0 Å². The summed E-state index contributed by atoms with van der Waals surface area (Å²) in [4.78, 5) is 23.5. The average molecular weight is 370 g/mol. The highest BCUT2D eigenvalue weighted by Gasteiger charge is 2.28. The number of carbonyl (C=O) groups excluding carboxylic acids is 1. The van der Waals surface area contributed by atoms with E-state index in [9.17, 15) is 4.79 Å². The molecule has 26 heavy (non-hydrogen) atoms. The SMILES string of the molecule is O=C(NCCCN1CCOCC1)N1c2ccccc2Sc2cccnc21. The fourth-order valence-corrected chi connectivity index (χ4v) is 4.23. The van der Waals surface area contributed by atoms with Crippen LogP contribution < -0.4 is 10.2 Å². The van der Waals surface area contributed by atoms with Gasteiger partial charge in [0.15, 0.2) is 5.82 Å². The quantitative estimate of drug-likeness (QED) is 0.838. The summed E-state index contributed by atoms with van der Waals surface area (Å²) in [5.74, 6) is 0.696. The Morgan fingerprint density at radius 1 is 1.15 bits per heavy atom. The second kappa shape index (κ2) is 8.07. The van der Waals surface area contributed by atoms with Crippen LogP contribution in [-0.4, -0.2) is 55.3 Å². The van der Waals surface area contributed by atoms with Crippen molar-refractivity contribution >= 4 is 29.3 Å². The number of para-hydroxylation sites is 1. The summed E-state index contributed by atoms with van der Waals surface area (Å²) in [6.45, 7) is 5.17. The second-order valence-electron chi connectivity index (χ2n) is 6.27. The monoisotopic (exact) mass is 370 g/mol. The van der Waals surface area contributed by atoms with Gasteiger partial charge in [0, 0.05) is 30.7 Å². The number of nitrogens with zero attached hydrogens (tertiary/aromatic N) is 3. The molecule has 0 saturated carbocycles. The zero-order chi connectivity index (χ0) is 17.8. The Morgan fingerprint density at radius 3 is 2.85 bits per heavy atom. The van der Waals surface area contributed by atoms with E-state index >= 15 is 0 Å². The number of aromatic nitrogens is 1. The lowest BCUT2D eigenvalue weighted by Crippen LogP contribution is -2.41. The number of benzene rings is 1. The first-order valence-corrected chi connectivity index (χ1v) is 9.74. The number of ether oxygens (including phenoxy) is 1. The third-order valence-electron chi connectivity index (χ3n) is 4.52. The van der Waals surface area contributed by atoms with Crippen LogP contribution in [0.5, 0.6) is 0 Å². The predicted molar refractivity (Wildman–Crippen MR) is 102 cm³/mol. The van der Waals surface area contributed by atoms with E-state index in [0.717, 1.165) is 54.7 Å². The van der Waals surface area contributed by atoms with Crippen molar-refractivity contribution < 1.29 is 9.53 Å². The number of amides is 2. The van der Waals surface area contributed by atoms with E-state index in [1.54, 1.807) is 22.9 Å². The van der Waals surface area contributed by atoms with Crippen molar-refractivity contribution in [3.8, 4) is 0 Å². The van der Waals surface area contributed by atoms with E-state index in [4.69, 9.17) is 4.74 Å². The zero-order valence-electron chi connectivity index (χ0n) is 14.6. The lowest BCUT2D eigenvalue weighted by molar-refractivity contribution is 0.0375. The normalized spacial score (nSPS) is 16.7. The molecule has 0 atom stereocenters. The number of rotatable bonds is 4. The van der Waals surface area contributed by atoms with Gasteiger partial charge in [-0.3, -0.25) is 4.90 Å². The van der Waals surface area contributed by atoms with Gasteiger partial charge < -0.3 is 10.1 Å². The second-order valence-corrected chi connectivity index (χ2v) is 7.35. The molecule has 1 saturated heterocycles. The van der Waals surface area contributed by atoms with Crippen molar-refractivity contribution in [1.29, 1.82) is 0 Å². The van der Waals surface area contributed by atoms with E-state index in [0.29, 0.717) is 12.4 Å². The van der Waals surface area contributed by atoms with Crippen molar-refractivity contribution in [1.82, 2.24) is 15.2 Å². The number of fused-ring (bicyclic) bond motifs is 2. The topological polar surface area (TPSA) is 57.7 Å². The van der Waals surface area contributed by atoms with Gasteiger partial charge in [0.05, 0.1) is 23.8 Å². The largest absolute Gasteiger partial charge is 0.379 e. The maximum Gasteiger partial charge on any atom is 0.327 e. The zero-order valence-corrected chi connectivity index (χ0v) is 15.4. The minimum atomic E-state index is -0.125. The first-order valence-electron chi connectivity index (χ1n) is 8.93. The minimum Gasteiger partial charge on any atom is -0.379 e. The molecule has 4 rings (SSSR count). The summed E-state index contributed by atoms with van der Waals surface area (Å²) in [6.07, 6.45) is 2.65. The summed E-state index contributed by atoms with van der Waals surface area (Å²) >= 11 is 1.65. The molecule has 2 aliphatic heterocycles. The van der Waals surface area contributed by atoms with Crippen LogP contribution in [0.25, 0.3) is 0 Å². The molecule has 1 N–H and O–H groups in total. The smallest absolute Gasteiger partial charge is 0.327 e. The lowest BCUT2D eigenvalue weighted by atomic mass is 10.2. The number of nitrogens with one attached hydrogen (secondary N) is 1. The maximum atomic E-state index is 12.9. The molecule has 0 unspecified atom stereocenters. The van der Waals surface area contributed by atoms with Crippen LogP contribution in [0.4, 0.5) is 16.3 Å². The highest BCUT2D eigenvalue weighted by Crippen LogP contribution is 2.46. The van der Waals surface area contributed by atoms with Crippen molar-refractivity contribution in [2.45, 2.75) is 16.2 Å². The van der Waals surface area contributed by atoms with Gasteiger partial charge in [0.2, 0.25) is 0 Å². The van der Waals surface area contributed by atoms with Crippen LogP contribution in [0, 0.1) is 0 Å². The van der Waals surface area contributed by atoms with Crippen molar-refractivity contribution in [3.05, 3.63) is 42.6 Å². The molecular weight excluding hydrogens is 348 g/mol. The Bertz CT molecular complexity index is 734. The summed E-state index contributed by atoms with van der Waals surface area (Å²) in [6, 6.07) is 11.7. The maximum absolute atomic E-state index is 12.9. The van der Waals surface area contributed by atoms with Crippen LogP contribution in [0.2, 0.25) is 0 Å². The molecular formula is C19H22N4O2S. The van der Waals surface area contributed by atoms with Gasteiger partial charge in [-0.05, 0) is 37.2 Å². The molecule has 136 valence electrons. The fraction of sp³-hybridized carbons (Fsp3) is 0.368.